The van der Waals surface area contributed by atoms with Gasteiger partial charge < -0.3 is 14.4 Å². The standard InChI is InChI=1S/C17H14N2O6/c1-10(20)14-15(11-4-6-12(7-5-11)19(23)24)18(17(22)16(14)21)9-13-3-2-8-25-13/h2-8,15,21H,9H2,1H3/t15-/m0/s1. The van der Waals surface area contributed by atoms with Gasteiger partial charge in [0.05, 0.1) is 29.3 Å². The number of aliphatic hydroxyl groups is 1. The molecule has 0 saturated heterocycles. The molecule has 0 fully saturated rings. The fourth-order valence-corrected chi connectivity index (χ4v) is 2.87. The summed E-state index contributed by atoms with van der Waals surface area (Å²) in [7, 11) is 0. The highest BCUT2D eigenvalue weighted by molar-refractivity contribution is 6.08. The molecule has 1 N–H and O–H groups in total. The number of carbonyl (C=O) groups is 2. The molecule has 8 nitrogen and oxygen atoms in total. The van der Waals surface area contributed by atoms with Gasteiger partial charge >= 0.3 is 0 Å². The minimum Gasteiger partial charge on any atom is -0.503 e. The third kappa shape index (κ3) is 2.89. The van der Waals surface area contributed by atoms with Crippen molar-refractivity contribution in [3.8, 4) is 0 Å². The number of hydrogen-bond acceptors (Lipinski definition) is 6. The van der Waals surface area contributed by atoms with Crippen LogP contribution >= 0.6 is 0 Å². The van der Waals surface area contributed by atoms with Crippen LogP contribution in [0.4, 0.5) is 5.69 Å². The number of non-ortho nitro benzene ring substituents is 1. The van der Waals surface area contributed by atoms with E-state index in [0.717, 1.165) is 0 Å². The number of aliphatic hydroxyl groups excluding tert-OH is 1. The van der Waals surface area contributed by atoms with E-state index in [0.29, 0.717) is 11.3 Å². The van der Waals surface area contributed by atoms with Crippen LogP contribution in [0, 0.1) is 10.1 Å². The molecular formula is C17H14N2O6. The Morgan fingerprint density at radius 3 is 2.52 bits per heavy atom. The molecule has 0 spiro atoms. The molecule has 0 bridgehead atoms. The number of nitrogens with zero attached hydrogens (tertiary/aromatic N) is 2. The first-order chi connectivity index (χ1) is 11.9. The van der Waals surface area contributed by atoms with Crippen LogP contribution < -0.4 is 0 Å². The number of furan rings is 1. The van der Waals surface area contributed by atoms with E-state index in [-0.39, 0.29) is 17.8 Å². The molecule has 1 aromatic carbocycles. The van der Waals surface area contributed by atoms with Crippen LogP contribution in [-0.4, -0.2) is 26.6 Å². The molecular weight excluding hydrogens is 328 g/mol. The number of amides is 1. The van der Waals surface area contributed by atoms with Crippen molar-refractivity contribution in [2.75, 3.05) is 0 Å². The van der Waals surface area contributed by atoms with Crippen LogP contribution in [0.15, 0.2) is 58.4 Å². The maximum absolute atomic E-state index is 12.4. The predicted octanol–water partition coefficient (Wildman–Crippen LogP) is 2.67. The largest absolute Gasteiger partial charge is 0.503 e. The molecule has 0 aliphatic carbocycles. The zero-order valence-corrected chi connectivity index (χ0v) is 13.2. The van der Waals surface area contributed by atoms with Crippen molar-refractivity contribution in [1.82, 2.24) is 4.90 Å². The van der Waals surface area contributed by atoms with Gasteiger partial charge in [0.2, 0.25) is 0 Å². The normalized spacial score (nSPS) is 17.2. The van der Waals surface area contributed by atoms with Crippen molar-refractivity contribution >= 4 is 17.4 Å². The molecule has 25 heavy (non-hydrogen) atoms. The molecule has 2 aromatic rings. The molecule has 3 rings (SSSR count). The molecule has 1 amide bonds. The van der Waals surface area contributed by atoms with Gasteiger partial charge in [-0.1, -0.05) is 0 Å². The van der Waals surface area contributed by atoms with E-state index in [4.69, 9.17) is 4.42 Å². The van der Waals surface area contributed by atoms with E-state index in [9.17, 15) is 24.8 Å². The number of ketones is 1. The summed E-state index contributed by atoms with van der Waals surface area (Å²) in [5.74, 6) is -1.26. The van der Waals surface area contributed by atoms with Gasteiger partial charge in [0.15, 0.2) is 11.5 Å². The van der Waals surface area contributed by atoms with Gasteiger partial charge in [-0.15, -0.1) is 0 Å². The van der Waals surface area contributed by atoms with Crippen LogP contribution in [0.1, 0.15) is 24.3 Å². The van der Waals surface area contributed by atoms with Crippen LogP contribution in [0.25, 0.3) is 0 Å². The topological polar surface area (TPSA) is 114 Å². The Bertz CT molecular complexity index is 867. The zero-order chi connectivity index (χ0) is 18.1. The van der Waals surface area contributed by atoms with Crippen molar-refractivity contribution in [3.05, 3.63) is 75.4 Å². The first-order valence-corrected chi connectivity index (χ1v) is 7.42. The monoisotopic (exact) mass is 342 g/mol. The first kappa shape index (κ1) is 16.4. The average Bonchev–Trinajstić information content (AvgIpc) is 3.17. The average molecular weight is 342 g/mol. The first-order valence-electron chi connectivity index (χ1n) is 7.42. The maximum Gasteiger partial charge on any atom is 0.290 e. The lowest BCUT2D eigenvalue weighted by molar-refractivity contribution is -0.384. The van der Waals surface area contributed by atoms with Gasteiger partial charge in [0.25, 0.3) is 11.6 Å². The van der Waals surface area contributed by atoms with Crippen molar-refractivity contribution < 1.29 is 24.0 Å². The minimum atomic E-state index is -0.837. The minimum absolute atomic E-state index is 0.0367. The Morgan fingerprint density at radius 2 is 2.00 bits per heavy atom. The van der Waals surface area contributed by atoms with Gasteiger partial charge in [0, 0.05) is 12.1 Å². The SMILES string of the molecule is CC(=O)C1=C(O)C(=O)N(Cc2ccco2)[C@H]1c1ccc([N+](=O)[O-])cc1. The summed E-state index contributed by atoms with van der Waals surface area (Å²) in [6.45, 7) is 1.31. The van der Waals surface area contributed by atoms with Crippen LogP contribution in [0.5, 0.6) is 0 Å². The molecule has 1 aliphatic heterocycles. The van der Waals surface area contributed by atoms with Gasteiger partial charge in [-0.2, -0.15) is 0 Å². The lowest BCUT2D eigenvalue weighted by Gasteiger charge is -2.25. The number of Topliss-reactive ketones (excluding diaryl/α,β-unsaturated/α-hetero) is 1. The maximum atomic E-state index is 12.4. The Morgan fingerprint density at radius 1 is 1.32 bits per heavy atom. The Balaban J connectivity index is 2.04. The lowest BCUT2D eigenvalue weighted by atomic mass is 9.96. The van der Waals surface area contributed by atoms with Gasteiger partial charge in [-0.25, -0.2) is 0 Å². The van der Waals surface area contributed by atoms with Crippen LogP contribution in [0.3, 0.4) is 0 Å². The van der Waals surface area contributed by atoms with Crippen molar-refractivity contribution in [2.24, 2.45) is 0 Å². The van der Waals surface area contributed by atoms with E-state index in [1.165, 1.54) is 42.4 Å². The number of hydrogen-bond donors (Lipinski definition) is 1. The summed E-state index contributed by atoms with van der Waals surface area (Å²) < 4.78 is 5.24. The summed E-state index contributed by atoms with van der Waals surface area (Å²) in [6, 6.07) is 8.00. The Labute approximate surface area is 142 Å². The molecule has 1 aliphatic rings. The van der Waals surface area contributed by atoms with Gasteiger partial charge in [-0.05, 0) is 36.8 Å². The summed E-state index contributed by atoms with van der Waals surface area (Å²) in [4.78, 5) is 36.0. The van der Waals surface area contributed by atoms with E-state index in [1.54, 1.807) is 12.1 Å². The number of nitro benzene ring substituents is 1. The fraction of sp³-hybridized carbons (Fsp3) is 0.176. The predicted molar refractivity (Wildman–Crippen MR) is 85.4 cm³/mol. The number of carbonyl (C=O) groups excluding carboxylic acids is 2. The molecule has 0 radical (unpaired) electrons. The molecule has 128 valence electrons. The van der Waals surface area contributed by atoms with E-state index in [1.807, 2.05) is 0 Å². The van der Waals surface area contributed by atoms with E-state index in [2.05, 4.69) is 0 Å². The molecule has 0 saturated carbocycles. The Kier molecular flexibility index (Phi) is 4.10. The molecule has 2 heterocycles. The molecule has 1 aromatic heterocycles. The lowest BCUT2D eigenvalue weighted by Crippen LogP contribution is -2.30. The molecule has 8 heteroatoms. The smallest absolute Gasteiger partial charge is 0.290 e. The van der Waals surface area contributed by atoms with Crippen molar-refractivity contribution in [1.29, 1.82) is 0 Å². The van der Waals surface area contributed by atoms with Crippen LogP contribution in [0.2, 0.25) is 0 Å². The summed E-state index contributed by atoms with van der Waals surface area (Å²) in [5, 5.41) is 20.9. The second-order valence-electron chi connectivity index (χ2n) is 5.58. The summed E-state index contributed by atoms with van der Waals surface area (Å²) in [6.07, 6.45) is 1.45. The highest BCUT2D eigenvalue weighted by atomic mass is 16.6. The van der Waals surface area contributed by atoms with Gasteiger partial charge in [0.1, 0.15) is 5.76 Å². The highest BCUT2D eigenvalue weighted by Crippen LogP contribution is 2.39. The molecule has 0 unspecified atom stereocenters. The summed E-state index contributed by atoms with van der Waals surface area (Å²) in [5.41, 5.74) is 0.341. The van der Waals surface area contributed by atoms with Crippen molar-refractivity contribution in [2.45, 2.75) is 19.5 Å². The number of nitro groups is 1. The highest BCUT2D eigenvalue weighted by Gasteiger charge is 2.42. The van der Waals surface area contributed by atoms with Crippen molar-refractivity contribution in [3.63, 3.8) is 0 Å². The summed E-state index contributed by atoms with van der Waals surface area (Å²) >= 11 is 0. The fourth-order valence-electron chi connectivity index (χ4n) is 2.87. The third-order valence-corrected chi connectivity index (χ3v) is 4.01. The quantitative estimate of drug-likeness (QED) is 0.660. The Hall–Kier alpha value is -3.42. The van der Waals surface area contributed by atoms with E-state index < -0.39 is 28.4 Å². The second kappa shape index (κ2) is 6.23. The second-order valence-corrected chi connectivity index (χ2v) is 5.58. The third-order valence-electron chi connectivity index (χ3n) is 4.01. The van der Waals surface area contributed by atoms with Crippen LogP contribution in [-0.2, 0) is 16.1 Å². The number of benzene rings is 1. The molecule has 1 atom stereocenters. The van der Waals surface area contributed by atoms with Gasteiger partial charge in [-0.3, -0.25) is 19.7 Å². The number of rotatable bonds is 5. The zero-order valence-electron chi connectivity index (χ0n) is 13.2. The van der Waals surface area contributed by atoms with E-state index >= 15 is 0 Å².